The Morgan fingerprint density at radius 3 is 2.70 bits per heavy atom. The Kier molecular flexibility index (Phi) is 4.70. The summed E-state index contributed by atoms with van der Waals surface area (Å²) in [5.74, 6) is 1.69. The molecule has 1 saturated carbocycles. The summed E-state index contributed by atoms with van der Waals surface area (Å²) in [4.78, 5) is 12.1. The van der Waals surface area contributed by atoms with Crippen molar-refractivity contribution in [1.29, 1.82) is 0 Å². The number of amides is 1. The second-order valence-electron chi connectivity index (χ2n) is 6.26. The highest BCUT2D eigenvalue weighted by Gasteiger charge is 2.19. The lowest BCUT2D eigenvalue weighted by atomic mass is 10.1. The normalized spacial score (nSPS) is 14.9. The molecular formula is C19H23NO3. The molecule has 122 valence electrons. The first-order valence-corrected chi connectivity index (χ1v) is 8.21. The van der Waals surface area contributed by atoms with Crippen LogP contribution < -0.4 is 10.1 Å². The van der Waals surface area contributed by atoms with Crippen molar-refractivity contribution in [3.63, 3.8) is 0 Å². The van der Waals surface area contributed by atoms with Crippen molar-refractivity contribution < 1.29 is 13.9 Å². The van der Waals surface area contributed by atoms with Crippen LogP contribution >= 0.6 is 0 Å². The molecule has 1 amide bonds. The monoisotopic (exact) mass is 313 g/mol. The first kappa shape index (κ1) is 15.7. The molecule has 0 atom stereocenters. The molecule has 1 aliphatic rings. The van der Waals surface area contributed by atoms with Crippen molar-refractivity contribution in [2.24, 2.45) is 0 Å². The Morgan fingerprint density at radius 1 is 1.17 bits per heavy atom. The van der Waals surface area contributed by atoms with Crippen LogP contribution in [0.25, 0.3) is 0 Å². The standard InChI is InChI=1S/C19H23NO3/c1-13-7-8-16(11-14(13)2)22-12-17-9-10-18(23-17)19(21)20-15-5-3-4-6-15/h7-11,15H,3-6,12H2,1-2H3,(H,20,21). The summed E-state index contributed by atoms with van der Waals surface area (Å²) in [5, 5.41) is 3.02. The van der Waals surface area contributed by atoms with Gasteiger partial charge in [-0.2, -0.15) is 0 Å². The molecule has 0 bridgehead atoms. The zero-order valence-corrected chi connectivity index (χ0v) is 13.7. The molecule has 4 nitrogen and oxygen atoms in total. The molecule has 0 unspecified atom stereocenters. The molecule has 0 aliphatic heterocycles. The molecule has 1 N–H and O–H groups in total. The number of furan rings is 1. The van der Waals surface area contributed by atoms with Crippen LogP contribution in [0.4, 0.5) is 0 Å². The third kappa shape index (κ3) is 3.95. The van der Waals surface area contributed by atoms with Gasteiger partial charge in [0.15, 0.2) is 5.76 Å². The van der Waals surface area contributed by atoms with Crippen LogP contribution in [0, 0.1) is 13.8 Å². The summed E-state index contributed by atoms with van der Waals surface area (Å²) < 4.78 is 11.3. The van der Waals surface area contributed by atoms with Gasteiger partial charge in [0.1, 0.15) is 18.1 Å². The van der Waals surface area contributed by atoms with Crippen LogP contribution in [-0.2, 0) is 6.61 Å². The average molecular weight is 313 g/mol. The number of hydrogen-bond acceptors (Lipinski definition) is 3. The Balaban J connectivity index is 1.56. The third-order valence-electron chi connectivity index (χ3n) is 4.44. The van der Waals surface area contributed by atoms with Gasteiger partial charge in [0, 0.05) is 6.04 Å². The Hall–Kier alpha value is -2.23. The zero-order valence-electron chi connectivity index (χ0n) is 13.7. The van der Waals surface area contributed by atoms with E-state index >= 15 is 0 Å². The second-order valence-corrected chi connectivity index (χ2v) is 6.26. The number of carbonyl (C=O) groups is 1. The van der Waals surface area contributed by atoms with Crippen molar-refractivity contribution in [1.82, 2.24) is 5.32 Å². The Morgan fingerprint density at radius 2 is 1.96 bits per heavy atom. The lowest BCUT2D eigenvalue weighted by Crippen LogP contribution is -2.32. The summed E-state index contributed by atoms with van der Waals surface area (Å²) >= 11 is 0. The van der Waals surface area contributed by atoms with Gasteiger partial charge in [-0.1, -0.05) is 18.9 Å². The molecular weight excluding hydrogens is 290 g/mol. The average Bonchev–Trinajstić information content (AvgIpc) is 3.20. The molecule has 1 heterocycles. The highest BCUT2D eigenvalue weighted by molar-refractivity contribution is 5.91. The molecule has 0 radical (unpaired) electrons. The predicted molar refractivity (Wildman–Crippen MR) is 88.7 cm³/mol. The number of ether oxygens (including phenoxy) is 1. The van der Waals surface area contributed by atoms with Gasteiger partial charge in [0.05, 0.1) is 0 Å². The van der Waals surface area contributed by atoms with Gasteiger partial charge in [-0.25, -0.2) is 0 Å². The van der Waals surface area contributed by atoms with E-state index in [1.54, 1.807) is 12.1 Å². The van der Waals surface area contributed by atoms with Crippen LogP contribution in [0.5, 0.6) is 5.75 Å². The molecule has 4 heteroatoms. The van der Waals surface area contributed by atoms with Crippen molar-refractivity contribution in [2.75, 3.05) is 0 Å². The first-order chi connectivity index (χ1) is 11.1. The van der Waals surface area contributed by atoms with E-state index in [1.807, 2.05) is 18.2 Å². The van der Waals surface area contributed by atoms with E-state index in [0.29, 0.717) is 24.2 Å². The number of carbonyl (C=O) groups excluding carboxylic acids is 1. The van der Waals surface area contributed by atoms with E-state index < -0.39 is 0 Å². The van der Waals surface area contributed by atoms with Crippen molar-refractivity contribution in [3.8, 4) is 5.75 Å². The molecule has 2 aromatic rings. The number of hydrogen-bond donors (Lipinski definition) is 1. The van der Waals surface area contributed by atoms with Gasteiger partial charge in [0.2, 0.25) is 0 Å². The summed E-state index contributed by atoms with van der Waals surface area (Å²) in [6.07, 6.45) is 4.51. The maximum absolute atomic E-state index is 12.1. The Labute approximate surface area is 136 Å². The smallest absolute Gasteiger partial charge is 0.287 e. The van der Waals surface area contributed by atoms with Crippen molar-refractivity contribution >= 4 is 5.91 Å². The minimum absolute atomic E-state index is 0.130. The van der Waals surface area contributed by atoms with Gasteiger partial charge < -0.3 is 14.5 Å². The number of rotatable bonds is 5. The van der Waals surface area contributed by atoms with Crippen LogP contribution in [0.1, 0.15) is 53.1 Å². The fourth-order valence-corrected chi connectivity index (χ4v) is 2.86. The van der Waals surface area contributed by atoms with Gasteiger partial charge in [-0.15, -0.1) is 0 Å². The number of aryl methyl sites for hydroxylation is 2. The highest BCUT2D eigenvalue weighted by Crippen LogP contribution is 2.20. The molecule has 3 rings (SSSR count). The molecule has 0 spiro atoms. The van der Waals surface area contributed by atoms with Crippen LogP contribution in [0.15, 0.2) is 34.7 Å². The van der Waals surface area contributed by atoms with Crippen molar-refractivity contribution in [2.45, 2.75) is 52.2 Å². The molecule has 1 aromatic carbocycles. The SMILES string of the molecule is Cc1ccc(OCc2ccc(C(=O)NC3CCCC3)o2)cc1C. The highest BCUT2D eigenvalue weighted by atomic mass is 16.5. The van der Waals surface area contributed by atoms with E-state index in [0.717, 1.165) is 18.6 Å². The van der Waals surface area contributed by atoms with E-state index in [4.69, 9.17) is 9.15 Å². The van der Waals surface area contributed by atoms with Crippen LogP contribution in [-0.4, -0.2) is 11.9 Å². The van der Waals surface area contributed by atoms with Crippen LogP contribution in [0.3, 0.4) is 0 Å². The molecule has 1 fully saturated rings. The Bertz CT molecular complexity index is 684. The fraction of sp³-hybridized carbons (Fsp3) is 0.421. The lowest BCUT2D eigenvalue weighted by molar-refractivity contribution is 0.0905. The molecule has 0 saturated heterocycles. The molecule has 23 heavy (non-hydrogen) atoms. The van der Waals surface area contributed by atoms with Gasteiger partial charge in [0.25, 0.3) is 5.91 Å². The minimum atomic E-state index is -0.130. The van der Waals surface area contributed by atoms with E-state index in [2.05, 4.69) is 19.2 Å². The summed E-state index contributed by atoms with van der Waals surface area (Å²) in [7, 11) is 0. The van der Waals surface area contributed by atoms with Gasteiger partial charge in [-0.05, 0) is 62.1 Å². The first-order valence-electron chi connectivity index (χ1n) is 8.21. The van der Waals surface area contributed by atoms with Crippen molar-refractivity contribution in [3.05, 3.63) is 53.0 Å². The zero-order chi connectivity index (χ0) is 16.2. The van der Waals surface area contributed by atoms with E-state index in [1.165, 1.54) is 24.0 Å². The predicted octanol–water partition coefficient (Wildman–Crippen LogP) is 4.15. The quantitative estimate of drug-likeness (QED) is 0.902. The van der Waals surface area contributed by atoms with E-state index in [-0.39, 0.29) is 5.91 Å². The maximum atomic E-state index is 12.1. The summed E-state index contributed by atoms with van der Waals surface area (Å²) in [5.41, 5.74) is 2.43. The summed E-state index contributed by atoms with van der Waals surface area (Å²) in [6.45, 7) is 4.45. The second kappa shape index (κ2) is 6.90. The number of nitrogens with one attached hydrogen (secondary N) is 1. The van der Waals surface area contributed by atoms with Crippen LogP contribution in [0.2, 0.25) is 0 Å². The largest absolute Gasteiger partial charge is 0.486 e. The molecule has 1 aromatic heterocycles. The van der Waals surface area contributed by atoms with Gasteiger partial charge in [-0.3, -0.25) is 4.79 Å². The van der Waals surface area contributed by atoms with E-state index in [9.17, 15) is 4.79 Å². The third-order valence-corrected chi connectivity index (χ3v) is 4.44. The molecule has 1 aliphatic carbocycles. The summed E-state index contributed by atoms with van der Waals surface area (Å²) in [6, 6.07) is 9.79. The lowest BCUT2D eigenvalue weighted by Gasteiger charge is -2.10. The topological polar surface area (TPSA) is 51.5 Å². The maximum Gasteiger partial charge on any atom is 0.287 e. The minimum Gasteiger partial charge on any atom is -0.486 e. The van der Waals surface area contributed by atoms with Gasteiger partial charge >= 0.3 is 0 Å². The fourth-order valence-electron chi connectivity index (χ4n) is 2.86. The number of benzene rings is 1.